The number of esters is 1. The molecule has 0 spiro atoms. The normalized spacial score (nSPS) is 12.0. The Morgan fingerprint density at radius 2 is 2.04 bits per heavy atom. The number of carbonyl (C=O) groups excluding carboxylic acids is 1. The zero-order valence-corrected chi connectivity index (χ0v) is 14.7. The van der Waals surface area contributed by atoms with Gasteiger partial charge in [-0.2, -0.15) is 0 Å². The van der Waals surface area contributed by atoms with Crippen LogP contribution in [0, 0.1) is 0 Å². The number of thioether (sulfide) groups is 1. The van der Waals surface area contributed by atoms with Gasteiger partial charge >= 0.3 is 5.97 Å². The summed E-state index contributed by atoms with van der Waals surface area (Å²) < 4.78 is 12.3. The number of benzene rings is 1. The van der Waals surface area contributed by atoms with Crippen molar-refractivity contribution in [2.45, 2.75) is 37.4 Å². The molecule has 0 radical (unpaired) electrons. The van der Waals surface area contributed by atoms with Gasteiger partial charge in [0.05, 0.1) is 7.11 Å². The standard InChI is InChI=1S/C15H18ClN3O3S/c1-4-19-13(9-22-12-7-5-11(16)6-8-12)17-18-15(19)23-10(2)14(20)21-3/h5-8,10H,4,9H2,1-3H3/t10-/m0/s1. The van der Waals surface area contributed by atoms with Gasteiger partial charge in [0, 0.05) is 11.6 Å². The second-order valence-electron chi connectivity index (χ2n) is 4.67. The van der Waals surface area contributed by atoms with E-state index in [9.17, 15) is 4.79 Å². The maximum Gasteiger partial charge on any atom is 0.318 e. The largest absolute Gasteiger partial charge is 0.486 e. The lowest BCUT2D eigenvalue weighted by Crippen LogP contribution is -2.16. The Kier molecular flexibility index (Phi) is 6.29. The topological polar surface area (TPSA) is 66.2 Å². The molecule has 0 saturated carbocycles. The minimum atomic E-state index is -0.348. The van der Waals surface area contributed by atoms with E-state index in [1.54, 1.807) is 31.2 Å². The van der Waals surface area contributed by atoms with Gasteiger partial charge in [0.15, 0.2) is 11.0 Å². The molecule has 0 bridgehead atoms. The van der Waals surface area contributed by atoms with E-state index >= 15 is 0 Å². The Hall–Kier alpha value is -1.73. The van der Waals surface area contributed by atoms with Gasteiger partial charge in [-0.05, 0) is 38.1 Å². The molecular weight excluding hydrogens is 338 g/mol. The fourth-order valence-electron chi connectivity index (χ4n) is 1.88. The van der Waals surface area contributed by atoms with Crippen molar-refractivity contribution in [1.29, 1.82) is 0 Å². The molecular formula is C15H18ClN3O3S. The van der Waals surface area contributed by atoms with Crippen molar-refractivity contribution in [3.63, 3.8) is 0 Å². The van der Waals surface area contributed by atoms with Crippen LogP contribution in [0.3, 0.4) is 0 Å². The van der Waals surface area contributed by atoms with Crippen LogP contribution in [0.1, 0.15) is 19.7 Å². The highest BCUT2D eigenvalue weighted by Gasteiger charge is 2.20. The van der Waals surface area contributed by atoms with E-state index in [2.05, 4.69) is 10.2 Å². The van der Waals surface area contributed by atoms with E-state index in [0.717, 1.165) is 0 Å². The molecule has 0 saturated heterocycles. The van der Waals surface area contributed by atoms with Crippen molar-refractivity contribution >= 4 is 29.3 Å². The van der Waals surface area contributed by atoms with Gasteiger partial charge in [-0.15, -0.1) is 10.2 Å². The highest BCUT2D eigenvalue weighted by Crippen LogP contribution is 2.24. The molecule has 0 aliphatic heterocycles. The van der Waals surface area contributed by atoms with Gasteiger partial charge < -0.3 is 14.0 Å². The highest BCUT2D eigenvalue weighted by molar-refractivity contribution is 8.00. The van der Waals surface area contributed by atoms with Gasteiger partial charge in [-0.25, -0.2) is 0 Å². The highest BCUT2D eigenvalue weighted by atomic mass is 35.5. The lowest BCUT2D eigenvalue weighted by atomic mass is 10.3. The lowest BCUT2D eigenvalue weighted by Gasteiger charge is -2.11. The molecule has 1 aromatic heterocycles. The Labute approximate surface area is 144 Å². The summed E-state index contributed by atoms with van der Waals surface area (Å²) in [6.07, 6.45) is 0. The van der Waals surface area contributed by atoms with Crippen LogP contribution < -0.4 is 4.74 Å². The van der Waals surface area contributed by atoms with Crippen molar-refractivity contribution in [3.05, 3.63) is 35.1 Å². The summed E-state index contributed by atoms with van der Waals surface area (Å²) >= 11 is 7.16. The number of aromatic nitrogens is 3. The van der Waals surface area contributed by atoms with Crippen molar-refractivity contribution in [1.82, 2.24) is 14.8 Å². The predicted octanol–water partition coefficient (Wildman–Crippen LogP) is 3.18. The van der Waals surface area contributed by atoms with Crippen LogP contribution in [0.15, 0.2) is 29.4 Å². The first-order valence-corrected chi connectivity index (χ1v) is 8.35. The molecule has 0 fully saturated rings. The van der Waals surface area contributed by atoms with Crippen molar-refractivity contribution < 1.29 is 14.3 Å². The van der Waals surface area contributed by atoms with Gasteiger partial charge in [0.1, 0.15) is 17.6 Å². The summed E-state index contributed by atoms with van der Waals surface area (Å²) in [4.78, 5) is 11.5. The molecule has 1 atom stereocenters. The SMILES string of the molecule is CCn1c(COc2ccc(Cl)cc2)nnc1S[C@@H](C)C(=O)OC. The lowest BCUT2D eigenvalue weighted by molar-refractivity contribution is -0.139. The van der Waals surface area contributed by atoms with E-state index in [-0.39, 0.29) is 17.8 Å². The molecule has 2 rings (SSSR count). The molecule has 1 aromatic carbocycles. The molecule has 23 heavy (non-hydrogen) atoms. The third-order valence-electron chi connectivity index (χ3n) is 3.11. The fourth-order valence-corrected chi connectivity index (χ4v) is 2.97. The van der Waals surface area contributed by atoms with Crippen molar-refractivity contribution in [2.24, 2.45) is 0 Å². The number of ether oxygens (including phenoxy) is 2. The van der Waals surface area contributed by atoms with Crippen molar-refractivity contribution in [2.75, 3.05) is 7.11 Å². The molecule has 0 aliphatic carbocycles. The Bertz CT molecular complexity index is 660. The third kappa shape index (κ3) is 4.62. The average molecular weight is 356 g/mol. The molecule has 1 heterocycles. The van der Waals surface area contributed by atoms with Crippen molar-refractivity contribution in [3.8, 4) is 5.75 Å². The molecule has 6 nitrogen and oxygen atoms in total. The zero-order chi connectivity index (χ0) is 16.8. The van der Waals surface area contributed by atoms with Gasteiger partial charge in [-0.3, -0.25) is 4.79 Å². The summed E-state index contributed by atoms with van der Waals surface area (Å²) in [5.41, 5.74) is 0. The number of hydrogen-bond donors (Lipinski definition) is 0. The molecule has 8 heteroatoms. The minimum absolute atomic E-state index is 0.287. The maximum atomic E-state index is 11.5. The number of nitrogens with zero attached hydrogens (tertiary/aromatic N) is 3. The Balaban J connectivity index is 2.05. The number of rotatable bonds is 7. The summed E-state index contributed by atoms with van der Waals surface area (Å²) in [7, 11) is 1.37. The number of carbonyl (C=O) groups is 1. The molecule has 2 aromatic rings. The van der Waals surface area contributed by atoms with Crippen LogP contribution in [0.2, 0.25) is 5.02 Å². The van der Waals surface area contributed by atoms with Crippen LogP contribution in [0.4, 0.5) is 0 Å². The van der Waals surface area contributed by atoms with Gasteiger partial charge in [0.2, 0.25) is 0 Å². The van der Waals surface area contributed by atoms with Crippen LogP contribution in [0.5, 0.6) is 5.75 Å². The summed E-state index contributed by atoms with van der Waals surface area (Å²) in [5.74, 6) is 1.11. The maximum absolute atomic E-state index is 11.5. The number of hydrogen-bond acceptors (Lipinski definition) is 6. The molecule has 0 N–H and O–H groups in total. The second-order valence-corrected chi connectivity index (χ2v) is 6.41. The first-order valence-electron chi connectivity index (χ1n) is 7.10. The third-order valence-corrected chi connectivity index (χ3v) is 4.42. The summed E-state index contributed by atoms with van der Waals surface area (Å²) in [5, 5.41) is 9.26. The minimum Gasteiger partial charge on any atom is -0.486 e. The van der Waals surface area contributed by atoms with Crippen LogP contribution >= 0.6 is 23.4 Å². The quantitative estimate of drug-likeness (QED) is 0.561. The van der Waals surface area contributed by atoms with E-state index < -0.39 is 0 Å². The molecule has 0 amide bonds. The Morgan fingerprint density at radius 3 is 2.65 bits per heavy atom. The van der Waals surface area contributed by atoms with Crippen LogP contribution in [-0.2, 0) is 22.7 Å². The summed E-state index contributed by atoms with van der Waals surface area (Å²) in [6.45, 7) is 4.73. The Morgan fingerprint density at radius 1 is 1.35 bits per heavy atom. The van der Waals surface area contributed by atoms with Crippen LogP contribution in [0.25, 0.3) is 0 Å². The van der Waals surface area contributed by atoms with E-state index in [1.165, 1.54) is 18.9 Å². The average Bonchev–Trinajstić information content (AvgIpc) is 2.95. The number of methoxy groups -OCH3 is 1. The summed E-state index contributed by atoms with van der Waals surface area (Å²) in [6, 6.07) is 7.12. The van der Waals surface area contributed by atoms with Gasteiger partial charge in [-0.1, -0.05) is 23.4 Å². The molecule has 0 unspecified atom stereocenters. The molecule has 0 aliphatic rings. The predicted molar refractivity (Wildman–Crippen MR) is 88.8 cm³/mol. The van der Waals surface area contributed by atoms with E-state index in [4.69, 9.17) is 21.1 Å². The second kappa shape index (κ2) is 8.21. The first-order chi connectivity index (χ1) is 11.0. The van der Waals surface area contributed by atoms with Gasteiger partial charge in [0.25, 0.3) is 0 Å². The van der Waals surface area contributed by atoms with Crippen LogP contribution in [-0.4, -0.2) is 33.1 Å². The zero-order valence-electron chi connectivity index (χ0n) is 13.2. The first kappa shape index (κ1) is 17.6. The monoisotopic (exact) mass is 355 g/mol. The van der Waals surface area contributed by atoms with E-state index in [1.807, 2.05) is 11.5 Å². The fraction of sp³-hybridized carbons (Fsp3) is 0.400. The van der Waals surface area contributed by atoms with E-state index in [0.29, 0.717) is 28.3 Å². The number of halogens is 1. The molecule has 124 valence electrons. The smallest absolute Gasteiger partial charge is 0.318 e.